The number of primary sulfonamides is 1. The second-order valence-corrected chi connectivity index (χ2v) is 5.56. The van der Waals surface area contributed by atoms with E-state index in [0.29, 0.717) is 18.9 Å². The average molecular weight is 428 g/mol. The molecule has 21 heavy (non-hydrogen) atoms. The Morgan fingerprint density at radius 1 is 1.43 bits per heavy atom. The summed E-state index contributed by atoms with van der Waals surface area (Å²) in [6, 6.07) is 4.93. The maximum absolute atomic E-state index is 11.5. The number of nitrogens with one attached hydrogen (secondary N) is 2. The Morgan fingerprint density at radius 3 is 2.57 bits per heavy atom. The molecule has 1 rings (SSSR count). The van der Waals surface area contributed by atoms with Gasteiger partial charge in [-0.3, -0.25) is 4.99 Å². The van der Waals surface area contributed by atoms with E-state index in [1.54, 1.807) is 26.2 Å². The third-order valence-electron chi connectivity index (χ3n) is 2.70. The van der Waals surface area contributed by atoms with Crippen LogP contribution in [0.3, 0.4) is 0 Å². The van der Waals surface area contributed by atoms with Gasteiger partial charge in [0.1, 0.15) is 10.6 Å². The number of guanidine groups is 1. The smallest absolute Gasteiger partial charge is 0.241 e. The van der Waals surface area contributed by atoms with Crippen molar-refractivity contribution in [2.24, 2.45) is 10.1 Å². The molecule has 9 heteroatoms. The second kappa shape index (κ2) is 9.05. The minimum Gasteiger partial charge on any atom is -0.495 e. The Labute approximate surface area is 142 Å². The van der Waals surface area contributed by atoms with Gasteiger partial charge in [-0.1, -0.05) is 6.07 Å². The summed E-state index contributed by atoms with van der Waals surface area (Å²) in [5, 5.41) is 11.1. The lowest BCUT2D eigenvalue weighted by molar-refractivity contribution is 0.402. The Kier molecular flexibility index (Phi) is 8.59. The van der Waals surface area contributed by atoms with Gasteiger partial charge in [-0.25, -0.2) is 13.6 Å². The molecule has 0 saturated heterocycles. The van der Waals surface area contributed by atoms with Gasteiger partial charge < -0.3 is 15.4 Å². The molecule has 0 saturated carbocycles. The zero-order valence-corrected chi connectivity index (χ0v) is 15.4. The standard InChI is InChI=1S/C12H20N4O3S.HI/c1-14-12(15-2)16-7-6-9-4-5-10(19-3)11(8-9)20(13,17)18;/h4-5,8H,6-7H2,1-3H3,(H2,13,17,18)(H2,14,15,16);1H. The van der Waals surface area contributed by atoms with Crippen LogP contribution in [-0.2, 0) is 16.4 Å². The van der Waals surface area contributed by atoms with Crippen molar-refractivity contribution in [2.45, 2.75) is 11.3 Å². The van der Waals surface area contributed by atoms with Crippen LogP contribution in [0.4, 0.5) is 0 Å². The molecule has 7 nitrogen and oxygen atoms in total. The van der Waals surface area contributed by atoms with Crippen LogP contribution in [0.2, 0.25) is 0 Å². The number of rotatable bonds is 5. The molecule has 0 aromatic heterocycles. The summed E-state index contributed by atoms with van der Waals surface area (Å²) in [4.78, 5) is 3.98. The van der Waals surface area contributed by atoms with Crippen LogP contribution in [0.1, 0.15) is 5.56 Å². The number of aliphatic imine (C=N–C) groups is 1. The molecule has 0 fully saturated rings. The van der Waals surface area contributed by atoms with Crippen molar-refractivity contribution in [3.63, 3.8) is 0 Å². The summed E-state index contributed by atoms with van der Waals surface area (Å²) in [5.74, 6) is 0.917. The van der Waals surface area contributed by atoms with E-state index in [4.69, 9.17) is 9.88 Å². The highest BCUT2D eigenvalue weighted by atomic mass is 127. The number of nitrogens with zero attached hydrogens (tertiary/aromatic N) is 1. The Hall–Kier alpha value is -1.07. The van der Waals surface area contributed by atoms with Gasteiger partial charge in [-0.15, -0.1) is 24.0 Å². The van der Waals surface area contributed by atoms with Crippen molar-refractivity contribution in [1.29, 1.82) is 0 Å². The molecule has 0 heterocycles. The van der Waals surface area contributed by atoms with Crippen molar-refractivity contribution in [3.05, 3.63) is 23.8 Å². The monoisotopic (exact) mass is 428 g/mol. The summed E-state index contributed by atoms with van der Waals surface area (Å²) >= 11 is 0. The molecule has 120 valence electrons. The number of hydrogen-bond acceptors (Lipinski definition) is 4. The summed E-state index contributed by atoms with van der Waals surface area (Å²) in [5.41, 5.74) is 0.842. The van der Waals surface area contributed by atoms with Crippen LogP contribution in [0.15, 0.2) is 28.1 Å². The van der Waals surface area contributed by atoms with Gasteiger partial charge >= 0.3 is 0 Å². The molecule has 0 radical (unpaired) electrons. The minimum atomic E-state index is -3.80. The highest BCUT2D eigenvalue weighted by molar-refractivity contribution is 14.0. The second-order valence-electron chi connectivity index (χ2n) is 4.03. The molecule has 0 atom stereocenters. The van der Waals surface area contributed by atoms with Crippen LogP contribution in [0.5, 0.6) is 5.75 Å². The highest BCUT2D eigenvalue weighted by Gasteiger charge is 2.15. The maximum atomic E-state index is 11.5. The first-order valence-corrected chi connectivity index (χ1v) is 7.55. The number of benzene rings is 1. The van der Waals surface area contributed by atoms with Crippen molar-refractivity contribution < 1.29 is 13.2 Å². The van der Waals surface area contributed by atoms with Gasteiger partial charge in [0.25, 0.3) is 0 Å². The predicted molar refractivity (Wildman–Crippen MR) is 93.9 cm³/mol. The van der Waals surface area contributed by atoms with Gasteiger partial charge in [-0.05, 0) is 24.1 Å². The zero-order valence-electron chi connectivity index (χ0n) is 12.2. The molecular formula is C12H21IN4O3S. The highest BCUT2D eigenvalue weighted by Crippen LogP contribution is 2.23. The fourth-order valence-electron chi connectivity index (χ4n) is 1.70. The molecule has 0 bridgehead atoms. The van der Waals surface area contributed by atoms with E-state index >= 15 is 0 Å². The first kappa shape index (κ1) is 19.9. The Bertz CT molecular complexity index is 590. The van der Waals surface area contributed by atoms with Crippen LogP contribution >= 0.6 is 24.0 Å². The number of nitrogens with two attached hydrogens (primary N) is 1. The summed E-state index contributed by atoms with van der Waals surface area (Å²) < 4.78 is 28.0. The van der Waals surface area contributed by atoms with Crippen molar-refractivity contribution in [3.8, 4) is 5.75 Å². The molecule has 0 spiro atoms. The Morgan fingerprint density at radius 2 is 2.10 bits per heavy atom. The van der Waals surface area contributed by atoms with Gasteiger partial charge in [0.2, 0.25) is 10.0 Å². The summed E-state index contributed by atoms with van der Waals surface area (Å²) in [6.07, 6.45) is 0.632. The van der Waals surface area contributed by atoms with E-state index in [1.807, 2.05) is 0 Å². The van der Waals surface area contributed by atoms with E-state index in [1.165, 1.54) is 13.2 Å². The lowest BCUT2D eigenvalue weighted by Crippen LogP contribution is -2.35. The average Bonchev–Trinajstić information content (AvgIpc) is 2.42. The van der Waals surface area contributed by atoms with Crippen LogP contribution < -0.4 is 20.5 Å². The lowest BCUT2D eigenvalue weighted by atomic mass is 10.1. The molecule has 0 aliphatic carbocycles. The molecule has 0 aliphatic rings. The van der Waals surface area contributed by atoms with E-state index in [0.717, 1.165) is 5.56 Å². The SMILES string of the molecule is CN=C(NC)NCCc1ccc(OC)c(S(N)(=O)=O)c1.I. The predicted octanol–water partition coefficient (Wildman–Crippen LogP) is 0.298. The third-order valence-corrected chi connectivity index (χ3v) is 3.63. The van der Waals surface area contributed by atoms with E-state index < -0.39 is 10.0 Å². The molecule has 0 aliphatic heterocycles. The fourth-order valence-corrected chi connectivity index (χ4v) is 2.45. The molecular weight excluding hydrogens is 407 g/mol. The first-order chi connectivity index (χ1) is 9.42. The fraction of sp³-hybridized carbons (Fsp3) is 0.417. The summed E-state index contributed by atoms with van der Waals surface area (Å²) in [7, 11) is 1.04. The number of sulfonamides is 1. The molecule has 1 aromatic rings. The van der Waals surface area contributed by atoms with E-state index in [-0.39, 0.29) is 34.6 Å². The Balaban J connectivity index is 0.00000400. The summed E-state index contributed by atoms with van der Waals surface area (Å²) in [6.45, 7) is 0.615. The van der Waals surface area contributed by atoms with Crippen molar-refractivity contribution in [2.75, 3.05) is 27.7 Å². The number of methoxy groups -OCH3 is 1. The van der Waals surface area contributed by atoms with Crippen LogP contribution in [0, 0.1) is 0 Å². The maximum Gasteiger partial charge on any atom is 0.241 e. The third kappa shape index (κ3) is 6.06. The van der Waals surface area contributed by atoms with E-state index in [2.05, 4.69) is 15.6 Å². The minimum absolute atomic E-state index is 0. The van der Waals surface area contributed by atoms with Crippen LogP contribution in [-0.4, -0.2) is 42.1 Å². The number of halogens is 1. The first-order valence-electron chi connectivity index (χ1n) is 6.00. The number of ether oxygens (including phenoxy) is 1. The van der Waals surface area contributed by atoms with E-state index in [9.17, 15) is 8.42 Å². The van der Waals surface area contributed by atoms with Gasteiger partial charge in [0.15, 0.2) is 5.96 Å². The van der Waals surface area contributed by atoms with Crippen molar-refractivity contribution in [1.82, 2.24) is 10.6 Å². The topological polar surface area (TPSA) is 106 Å². The van der Waals surface area contributed by atoms with Gasteiger partial charge in [-0.2, -0.15) is 0 Å². The van der Waals surface area contributed by atoms with Crippen LogP contribution in [0.25, 0.3) is 0 Å². The molecule has 1 aromatic carbocycles. The largest absolute Gasteiger partial charge is 0.495 e. The van der Waals surface area contributed by atoms with Gasteiger partial charge in [0.05, 0.1) is 7.11 Å². The molecule has 0 amide bonds. The van der Waals surface area contributed by atoms with Gasteiger partial charge in [0, 0.05) is 20.6 Å². The number of hydrogen-bond donors (Lipinski definition) is 3. The molecule has 4 N–H and O–H groups in total. The quantitative estimate of drug-likeness (QED) is 0.356. The normalized spacial score (nSPS) is 11.5. The zero-order chi connectivity index (χ0) is 15.2. The lowest BCUT2D eigenvalue weighted by Gasteiger charge is -2.11. The molecule has 0 unspecified atom stereocenters. The van der Waals surface area contributed by atoms with Crippen molar-refractivity contribution >= 4 is 40.0 Å².